The molecular formula is C15H19N3O. The quantitative estimate of drug-likeness (QED) is 0.865. The molecule has 4 N–H and O–H groups in total. The van der Waals surface area contributed by atoms with E-state index in [0.717, 1.165) is 5.75 Å². The fourth-order valence-electron chi connectivity index (χ4n) is 1.67. The summed E-state index contributed by atoms with van der Waals surface area (Å²) in [5.74, 6) is 1.46. The molecule has 0 atom stereocenters. The van der Waals surface area contributed by atoms with Crippen molar-refractivity contribution >= 4 is 11.5 Å². The number of nitrogens with zero attached hydrogens (tertiary/aromatic N) is 1. The van der Waals surface area contributed by atoms with Crippen LogP contribution in [0.3, 0.4) is 0 Å². The van der Waals surface area contributed by atoms with Gasteiger partial charge in [0.15, 0.2) is 5.82 Å². The van der Waals surface area contributed by atoms with Crippen LogP contribution in [0.15, 0.2) is 36.4 Å². The zero-order chi connectivity index (χ0) is 14.0. The number of benzene rings is 1. The number of ether oxygens (including phenoxy) is 1. The Morgan fingerprint density at radius 3 is 2.42 bits per heavy atom. The second-order valence-corrected chi connectivity index (χ2v) is 5.50. The Morgan fingerprint density at radius 2 is 1.79 bits per heavy atom. The van der Waals surface area contributed by atoms with Crippen LogP contribution in [-0.2, 0) is 5.41 Å². The standard InChI is InChI=1S/C15H19N3O/c1-15(2,3)10-5-4-6-11(9-10)19-13-8-7-12(16)14(17)18-13/h4-9H,16H2,1-3H3,(H2,17,18). The summed E-state index contributed by atoms with van der Waals surface area (Å²) in [5, 5.41) is 0. The van der Waals surface area contributed by atoms with Crippen molar-refractivity contribution in [3.63, 3.8) is 0 Å². The van der Waals surface area contributed by atoms with Crippen molar-refractivity contribution < 1.29 is 4.74 Å². The topological polar surface area (TPSA) is 74.2 Å². The van der Waals surface area contributed by atoms with Crippen molar-refractivity contribution in [3.05, 3.63) is 42.0 Å². The zero-order valence-electron chi connectivity index (χ0n) is 11.5. The van der Waals surface area contributed by atoms with Crippen LogP contribution in [0.4, 0.5) is 11.5 Å². The average Bonchev–Trinajstić information content (AvgIpc) is 2.33. The third kappa shape index (κ3) is 3.16. The normalized spacial score (nSPS) is 11.3. The molecule has 1 heterocycles. The summed E-state index contributed by atoms with van der Waals surface area (Å²) in [4.78, 5) is 4.09. The minimum Gasteiger partial charge on any atom is -0.439 e. The van der Waals surface area contributed by atoms with Crippen LogP contribution in [0.1, 0.15) is 26.3 Å². The molecule has 0 saturated heterocycles. The molecular weight excluding hydrogens is 238 g/mol. The molecule has 0 amide bonds. The van der Waals surface area contributed by atoms with E-state index >= 15 is 0 Å². The summed E-state index contributed by atoms with van der Waals surface area (Å²) < 4.78 is 5.70. The number of nitrogen functional groups attached to an aromatic ring is 2. The van der Waals surface area contributed by atoms with Crippen molar-refractivity contribution in [1.82, 2.24) is 4.98 Å². The van der Waals surface area contributed by atoms with Gasteiger partial charge in [0.1, 0.15) is 5.75 Å². The lowest BCUT2D eigenvalue weighted by molar-refractivity contribution is 0.461. The van der Waals surface area contributed by atoms with E-state index in [1.807, 2.05) is 18.2 Å². The lowest BCUT2D eigenvalue weighted by Crippen LogP contribution is -2.10. The molecule has 100 valence electrons. The molecule has 19 heavy (non-hydrogen) atoms. The van der Waals surface area contributed by atoms with E-state index in [9.17, 15) is 0 Å². The second kappa shape index (κ2) is 4.80. The van der Waals surface area contributed by atoms with Gasteiger partial charge in [-0.05, 0) is 29.2 Å². The Kier molecular flexibility index (Phi) is 3.34. The number of rotatable bonds is 2. The van der Waals surface area contributed by atoms with E-state index in [-0.39, 0.29) is 11.2 Å². The first-order valence-electron chi connectivity index (χ1n) is 6.16. The van der Waals surface area contributed by atoms with Crippen molar-refractivity contribution in [2.75, 3.05) is 11.5 Å². The Balaban J connectivity index is 2.26. The maximum Gasteiger partial charge on any atom is 0.221 e. The molecule has 0 aliphatic carbocycles. The maximum atomic E-state index is 5.70. The van der Waals surface area contributed by atoms with Crippen molar-refractivity contribution in [1.29, 1.82) is 0 Å². The molecule has 0 spiro atoms. The monoisotopic (exact) mass is 257 g/mol. The third-order valence-electron chi connectivity index (χ3n) is 2.85. The minimum atomic E-state index is 0.0763. The fraction of sp³-hybridized carbons (Fsp3) is 0.267. The van der Waals surface area contributed by atoms with E-state index < -0.39 is 0 Å². The minimum absolute atomic E-state index is 0.0763. The van der Waals surface area contributed by atoms with Crippen LogP contribution in [-0.4, -0.2) is 4.98 Å². The summed E-state index contributed by atoms with van der Waals surface area (Å²) in [6.45, 7) is 6.47. The molecule has 4 nitrogen and oxygen atoms in total. The summed E-state index contributed by atoms with van der Waals surface area (Å²) in [5.41, 5.74) is 13.0. The lowest BCUT2D eigenvalue weighted by atomic mass is 9.87. The van der Waals surface area contributed by atoms with Gasteiger partial charge in [0.2, 0.25) is 5.88 Å². The van der Waals surface area contributed by atoms with Gasteiger partial charge in [-0.15, -0.1) is 0 Å². The van der Waals surface area contributed by atoms with Gasteiger partial charge in [-0.2, -0.15) is 4.98 Å². The Labute approximate surface area is 113 Å². The molecule has 0 radical (unpaired) electrons. The largest absolute Gasteiger partial charge is 0.439 e. The zero-order valence-corrected chi connectivity index (χ0v) is 11.5. The Bertz CT molecular complexity index is 588. The SMILES string of the molecule is CC(C)(C)c1cccc(Oc2ccc(N)c(N)n2)c1. The van der Waals surface area contributed by atoms with Gasteiger partial charge < -0.3 is 16.2 Å². The molecule has 0 saturated carbocycles. The highest BCUT2D eigenvalue weighted by atomic mass is 16.5. The van der Waals surface area contributed by atoms with Gasteiger partial charge in [0.05, 0.1) is 5.69 Å². The number of pyridine rings is 1. The first kappa shape index (κ1) is 13.2. The van der Waals surface area contributed by atoms with Gasteiger partial charge in [0.25, 0.3) is 0 Å². The first-order chi connectivity index (χ1) is 8.86. The number of hydrogen-bond acceptors (Lipinski definition) is 4. The van der Waals surface area contributed by atoms with Gasteiger partial charge in [-0.1, -0.05) is 32.9 Å². The van der Waals surface area contributed by atoms with E-state index in [4.69, 9.17) is 16.2 Å². The molecule has 0 bridgehead atoms. The molecule has 0 unspecified atom stereocenters. The highest BCUT2D eigenvalue weighted by Crippen LogP contribution is 2.28. The third-order valence-corrected chi connectivity index (χ3v) is 2.85. The predicted molar refractivity (Wildman–Crippen MR) is 78.3 cm³/mol. The van der Waals surface area contributed by atoms with Gasteiger partial charge in [0, 0.05) is 6.07 Å². The summed E-state index contributed by atoms with van der Waals surface area (Å²) in [6, 6.07) is 11.3. The molecule has 0 aliphatic rings. The number of nitrogens with two attached hydrogens (primary N) is 2. The highest BCUT2D eigenvalue weighted by Gasteiger charge is 2.14. The molecule has 2 rings (SSSR count). The molecule has 1 aromatic heterocycles. The van der Waals surface area contributed by atoms with Crippen molar-refractivity contribution in [3.8, 4) is 11.6 Å². The Hall–Kier alpha value is -2.23. The van der Waals surface area contributed by atoms with Gasteiger partial charge >= 0.3 is 0 Å². The van der Waals surface area contributed by atoms with Crippen molar-refractivity contribution in [2.45, 2.75) is 26.2 Å². The van der Waals surface area contributed by atoms with Crippen LogP contribution >= 0.6 is 0 Å². The first-order valence-corrected chi connectivity index (χ1v) is 6.16. The average molecular weight is 257 g/mol. The van der Waals surface area contributed by atoms with E-state index in [2.05, 4.69) is 31.8 Å². The number of hydrogen-bond donors (Lipinski definition) is 2. The second-order valence-electron chi connectivity index (χ2n) is 5.50. The fourth-order valence-corrected chi connectivity index (χ4v) is 1.67. The van der Waals surface area contributed by atoms with Gasteiger partial charge in [-0.3, -0.25) is 0 Å². The molecule has 1 aromatic carbocycles. The van der Waals surface area contributed by atoms with E-state index in [1.54, 1.807) is 12.1 Å². The summed E-state index contributed by atoms with van der Waals surface area (Å²) in [7, 11) is 0. The molecule has 0 fully saturated rings. The van der Waals surface area contributed by atoms with Crippen molar-refractivity contribution in [2.24, 2.45) is 0 Å². The summed E-state index contributed by atoms with van der Waals surface area (Å²) in [6.07, 6.45) is 0. The molecule has 2 aromatic rings. The number of aromatic nitrogens is 1. The maximum absolute atomic E-state index is 5.70. The highest BCUT2D eigenvalue weighted by molar-refractivity contribution is 5.58. The van der Waals surface area contributed by atoms with Gasteiger partial charge in [-0.25, -0.2) is 0 Å². The summed E-state index contributed by atoms with van der Waals surface area (Å²) >= 11 is 0. The van der Waals surface area contributed by atoms with Crippen LogP contribution in [0, 0.1) is 0 Å². The van der Waals surface area contributed by atoms with Crippen LogP contribution in [0.25, 0.3) is 0 Å². The lowest BCUT2D eigenvalue weighted by Gasteiger charge is -2.19. The van der Waals surface area contributed by atoms with E-state index in [1.165, 1.54) is 5.56 Å². The predicted octanol–water partition coefficient (Wildman–Crippen LogP) is 3.34. The van der Waals surface area contributed by atoms with Crippen LogP contribution < -0.4 is 16.2 Å². The van der Waals surface area contributed by atoms with E-state index in [0.29, 0.717) is 11.6 Å². The Morgan fingerprint density at radius 1 is 1.05 bits per heavy atom. The van der Waals surface area contributed by atoms with Crippen LogP contribution in [0.5, 0.6) is 11.6 Å². The van der Waals surface area contributed by atoms with Crippen LogP contribution in [0.2, 0.25) is 0 Å². The molecule has 0 aliphatic heterocycles. The number of anilines is 2. The smallest absolute Gasteiger partial charge is 0.221 e. The molecule has 4 heteroatoms.